The van der Waals surface area contributed by atoms with Crippen LogP contribution in [0, 0.1) is 6.92 Å². The first-order valence-corrected chi connectivity index (χ1v) is 10.5. The van der Waals surface area contributed by atoms with Crippen LogP contribution in [0.4, 0.5) is 5.69 Å². The highest BCUT2D eigenvalue weighted by Gasteiger charge is 2.29. The van der Waals surface area contributed by atoms with E-state index in [0.717, 1.165) is 35.8 Å². The number of nitrogens with one attached hydrogen (secondary N) is 1. The van der Waals surface area contributed by atoms with E-state index >= 15 is 0 Å². The molecule has 1 aromatic heterocycles. The van der Waals surface area contributed by atoms with E-state index in [2.05, 4.69) is 51.8 Å². The van der Waals surface area contributed by atoms with Crippen LogP contribution in [-0.2, 0) is 0 Å². The monoisotopic (exact) mass is 419 g/mol. The molecule has 1 saturated heterocycles. The summed E-state index contributed by atoms with van der Waals surface area (Å²) in [4.78, 5) is 14.7. The second kappa shape index (κ2) is 7.98. The fourth-order valence-corrected chi connectivity index (χ4v) is 4.05. The summed E-state index contributed by atoms with van der Waals surface area (Å²) in [7, 11) is 0. The number of fused-ring (bicyclic) bond motifs is 1. The third kappa shape index (κ3) is 3.83. The van der Waals surface area contributed by atoms with E-state index in [-0.39, 0.29) is 11.9 Å². The van der Waals surface area contributed by atoms with Gasteiger partial charge in [-0.05, 0) is 37.1 Å². The smallest absolute Gasteiger partial charge is 0.256 e. The third-order valence-corrected chi connectivity index (χ3v) is 6.02. The molecule has 1 atom stereocenters. The number of hydrogen-bond acceptors (Lipinski definition) is 6. The van der Waals surface area contributed by atoms with Crippen LogP contribution in [0.5, 0.6) is 11.5 Å². The summed E-state index contributed by atoms with van der Waals surface area (Å²) in [5.74, 6) is 1.97. The minimum Gasteiger partial charge on any atom is -0.486 e. The van der Waals surface area contributed by atoms with Crippen LogP contribution < -0.4 is 19.7 Å². The maximum Gasteiger partial charge on any atom is 0.256 e. The highest BCUT2D eigenvalue weighted by Crippen LogP contribution is 2.38. The van der Waals surface area contributed by atoms with Crippen molar-refractivity contribution in [3.8, 4) is 11.5 Å². The van der Waals surface area contributed by atoms with E-state index in [4.69, 9.17) is 14.0 Å². The minimum atomic E-state index is -0.176. The number of aryl methyl sites for hydroxylation is 1. The molecule has 1 fully saturated rings. The molecule has 2 aliphatic heterocycles. The average molecular weight is 419 g/mol. The van der Waals surface area contributed by atoms with Gasteiger partial charge in [-0.25, -0.2) is 0 Å². The lowest BCUT2D eigenvalue weighted by atomic mass is 9.89. The Bertz CT molecular complexity index is 1090. The highest BCUT2D eigenvalue weighted by molar-refractivity contribution is 5.95. The molecule has 7 nitrogen and oxygen atoms in total. The first-order valence-electron chi connectivity index (χ1n) is 10.5. The Hall–Kier alpha value is -3.48. The second-order valence-electron chi connectivity index (χ2n) is 8.11. The first-order chi connectivity index (χ1) is 15.1. The van der Waals surface area contributed by atoms with Crippen molar-refractivity contribution in [2.75, 3.05) is 31.2 Å². The van der Waals surface area contributed by atoms with Gasteiger partial charge >= 0.3 is 0 Å². The molecule has 1 unspecified atom stereocenters. The van der Waals surface area contributed by atoms with Gasteiger partial charge in [-0.15, -0.1) is 0 Å². The number of anilines is 1. The van der Waals surface area contributed by atoms with Crippen molar-refractivity contribution in [1.29, 1.82) is 0 Å². The third-order valence-electron chi connectivity index (χ3n) is 6.02. The number of hydrogen-bond donors (Lipinski definition) is 1. The molecule has 31 heavy (non-hydrogen) atoms. The maximum atomic E-state index is 12.4. The van der Waals surface area contributed by atoms with Gasteiger partial charge in [0, 0.05) is 30.8 Å². The molecule has 160 valence electrons. The number of rotatable bonds is 5. The van der Waals surface area contributed by atoms with Gasteiger partial charge in [-0.3, -0.25) is 4.79 Å². The molecule has 0 radical (unpaired) electrons. The van der Waals surface area contributed by atoms with Crippen molar-refractivity contribution in [1.82, 2.24) is 10.5 Å². The zero-order valence-electron chi connectivity index (χ0n) is 17.6. The largest absolute Gasteiger partial charge is 0.486 e. The number of nitrogens with zero attached hydrogens (tertiary/aromatic N) is 2. The number of carbonyl (C=O) groups excluding carboxylic acids is 1. The van der Waals surface area contributed by atoms with E-state index < -0.39 is 0 Å². The van der Waals surface area contributed by atoms with Crippen molar-refractivity contribution < 1.29 is 18.8 Å². The lowest BCUT2D eigenvalue weighted by Crippen LogP contribution is -2.45. The van der Waals surface area contributed by atoms with Crippen LogP contribution in [0.3, 0.4) is 0 Å². The summed E-state index contributed by atoms with van der Waals surface area (Å²) in [5.41, 5.74) is 4.60. The van der Waals surface area contributed by atoms with E-state index in [0.29, 0.717) is 30.4 Å². The zero-order chi connectivity index (χ0) is 21.4. The molecule has 3 heterocycles. The molecule has 2 aromatic carbocycles. The molecule has 5 rings (SSSR count). The summed E-state index contributed by atoms with van der Waals surface area (Å²) in [6.07, 6.45) is 1.38. The van der Waals surface area contributed by atoms with E-state index in [1.165, 1.54) is 11.8 Å². The van der Waals surface area contributed by atoms with Crippen molar-refractivity contribution in [2.24, 2.45) is 0 Å². The Morgan fingerprint density at radius 2 is 1.84 bits per heavy atom. The zero-order valence-corrected chi connectivity index (χ0v) is 17.6. The molecule has 7 heteroatoms. The molecule has 0 bridgehead atoms. The predicted octanol–water partition coefficient (Wildman–Crippen LogP) is 3.85. The topological polar surface area (TPSA) is 76.8 Å². The normalized spacial score (nSPS) is 16.5. The quantitative estimate of drug-likeness (QED) is 0.677. The molecule has 1 amide bonds. The lowest BCUT2D eigenvalue weighted by Gasteiger charge is -2.41. The molecule has 1 N–H and O–H groups in total. The van der Waals surface area contributed by atoms with Crippen LogP contribution in [-0.4, -0.2) is 37.4 Å². The van der Waals surface area contributed by atoms with E-state index in [9.17, 15) is 4.79 Å². The molecule has 3 aromatic rings. The van der Waals surface area contributed by atoms with Crippen molar-refractivity contribution in [2.45, 2.75) is 25.8 Å². The van der Waals surface area contributed by atoms with Crippen molar-refractivity contribution >= 4 is 11.6 Å². The van der Waals surface area contributed by atoms with E-state index in [1.807, 2.05) is 13.0 Å². The standard InChI is InChI=1S/C24H25N3O4/c1-15(25-24(28)21-14-31-26-16(21)2)17-3-5-18(6-4-17)19-12-27(13-19)20-7-8-22-23(11-20)30-10-9-29-22/h3-8,11,14-15,19H,9-10,12-13H2,1-2H3,(H,25,28). The van der Waals surface area contributed by atoms with Gasteiger partial charge in [0.1, 0.15) is 25.0 Å². The van der Waals surface area contributed by atoms with Gasteiger partial charge in [0.05, 0.1) is 11.7 Å². The van der Waals surface area contributed by atoms with Gasteiger partial charge in [0.15, 0.2) is 11.5 Å². The first kappa shape index (κ1) is 19.5. The maximum absolute atomic E-state index is 12.4. The van der Waals surface area contributed by atoms with Gasteiger partial charge in [-0.2, -0.15) is 0 Å². The van der Waals surface area contributed by atoms with Crippen LogP contribution in [0.15, 0.2) is 53.3 Å². The Kier molecular flexibility index (Phi) is 5.02. The SMILES string of the molecule is Cc1nocc1C(=O)NC(C)c1ccc(C2CN(c3ccc4c(c3)OCCO4)C2)cc1. The van der Waals surface area contributed by atoms with Gasteiger partial charge in [0.2, 0.25) is 0 Å². The molecule has 0 spiro atoms. The van der Waals surface area contributed by atoms with Crippen LogP contribution >= 0.6 is 0 Å². The fraction of sp³-hybridized carbons (Fsp3) is 0.333. The summed E-state index contributed by atoms with van der Waals surface area (Å²) in [6, 6.07) is 14.5. The second-order valence-corrected chi connectivity index (χ2v) is 8.11. The molecule has 0 saturated carbocycles. The molecular weight excluding hydrogens is 394 g/mol. The van der Waals surface area contributed by atoms with Gasteiger partial charge in [-0.1, -0.05) is 29.4 Å². The van der Waals surface area contributed by atoms with Crippen molar-refractivity contribution in [3.63, 3.8) is 0 Å². The summed E-state index contributed by atoms with van der Waals surface area (Å²) in [5, 5.41) is 6.76. The Labute approximate surface area is 180 Å². The molecular formula is C24H25N3O4. The van der Waals surface area contributed by atoms with Crippen molar-refractivity contribution in [3.05, 3.63) is 71.1 Å². The predicted molar refractivity (Wildman–Crippen MR) is 116 cm³/mol. The average Bonchev–Trinajstić information content (AvgIpc) is 3.19. The number of benzene rings is 2. The minimum absolute atomic E-state index is 0.105. The number of amides is 1. The summed E-state index contributed by atoms with van der Waals surface area (Å²) >= 11 is 0. The van der Waals surface area contributed by atoms with Crippen LogP contribution in [0.25, 0.3) is 0 Å². The highest BCUT2D eigenvalue weighted by atomic mass is 16.6. The molecule has 0 aliphatic carbocycles. The summed E-state index contributed by atoms with van der Waals surface area (Å²) in [6.45, 7) is 6.88. The lowest BCUT2D eigenvalue weighted by molar-refractivity contribution is 0.0938. The van der Waals surface area contributed by atoms with Gasteiger partial charge in [0.25, 0.3) is 5.91 Å². The number of carbonyl (C=O) groups is 1. The summed E-state index contributed by atoms with van der Waals surface area (Å²) < 4.78 is 16.2. The van der Waals surface area contributed by atoms with Gasteiger partial charge < -0.3 is 24.2 Å². The fourth-order valence-electron chi connectivity index (χ4n) is 4.05. The van der Waals surface area contributed by atoms with Crippen LogP contribution in [0.1, 0.15) is 46.1 Å². The number of aromatic nitrogens is 1. The Balaban J connectivity index is 1.18. The Morgan fingerprint density at radius 3 is 2.55 bits per heavy atom. The van der Waals surface area contributed by atoms with Crippen LogP contribution in [0.2, 0.25) is 0 Å². The van der Waals surface area contributed by atoms with E-state index in [1.54, 1.807) is 6.92 Å². The Morgan fingerprint density at radius 1 is 1.10 bits per heavy atom. The number of ether oxygens (including phenoxy) is 2. The molecule has 2 aliphatic rings.